The van der Waals surface area contributed by atoms with Crippen LogP contribution >= 0.6 is 0 Å². The lowest BCUT2D eigenvalue weighted by atomic mass is 10.0. The molecule has 1 fully saturated rings. The van der Waals surface area contributed by atoms with Gasteiger partial charge in [-0.25, -0.2) is 0 Å². The van der Waals surface area contributed by atoms with Crippen molar-refractivity contribution < 1.29 is 9.47 Å². The summed E-state index contributed by atoms with van der Waals surface area (Å²) in [5.74, 6) is 0.646. The van der Waals surface area contributed by atoms with Gasteiger partial charge in [-0.3, -0.25) is 0 Å². The van der Waals surface area contributed by atoms with Gasteiger partial charge >= 0.3 is 0 Å². The van der Waals surface area contributed by atoms with Gasteiger partial charge in [0.1, 0.15) is 0 Å². The molecule has 1 aromatic rings. The molecule has 0 saturated carbocycles. The lowest BCUT2D eigenvalue weighted by molar-refractivity contribution is -0.0706. The molecule has 0 N–H and O–H groups in total. The zero-order chi connectivity index (χ0) is 12.3. The second kappa shape index (κ2) is 5.65. The molecule has 0 amide bonds. The topological polar surface area (TPSA) is 18.5 Å². The van der Waals surface area contributed by atoms with Crippen molar-refractivity contribution in [1.29, 1.82) is 0 Å². The number of benzene rings is 1. The molecule has 0 radical (unpaired) electrons. The predicted octanol–water partition coefficient (Wildman–Crippen LogP) is 3.93. The van der Waals surface area contributed by atoms with E-state index in [1.54, 1.807) is 0 Å². The fraction of sp³-hybridized carbons (Fsp3) is 0.600. The van der Waals surface area contributed by atoms with E-state index in [0.717, 1.165) is 18.4 Å². The standard InChI is InChI=1S/C15H22O2/c1-4-13-14(10-11(2)3)17-15(16-13)12-8-6-5-7-9-12/h5-9,11,13-15H,4,10H2,1-3H3/t13-,14-,15?/m0/s1. The number of hydrogen-bond acceptors (Lipinski definition) is 2. The molecule has 1 aliphatic heterocycles. The molecule has 1 saturated heterocycles. The van der Waals surface area contributed by atoms with Crippen LogP contribution in [0.25, 0.3) is 0 Å². The summed E-state index contributed by atoms with van der Waals surface area (Å²) in [4.78, 5) is 0. The highest BCUT2D eigenvalue weighted by atomic mass is 16.7. The molecule has 2 heteroatoms. The molecule has 1 aliphatic rings. The van der Waals surface area contributed by atoms with Gasteiger partial charge in [-0.2, -0.15) is 0 Å². The van der Waals surface area contributed by atoms with E-state index in [1.165, 1.54) is 0 Å². The molecule has 17 heavy (non-hydrogen) atoms. The van der Waals surface area contributed by atoms with E-state index in [1.807, 2.05) is 18.2 Å². The third-order valence-corrected chi connectivity index (χ3v) is 3.19. The first kappa shape index (κ1) is 12.6. The van der Waals surface area contributed by atoms with Crippen molar-refractivity contribution >= 4 is 0 Å². The summed E-state index contributed by atoms with van der Waals surface area (Å²) in [5.41, 5.74) is 1.12. The highest BCUT2D eigenvalue weighted by molar-refractivity contribution is 5.16. The molecule has 0 aromatic heterocycles. The van der Waals surface area contributed by atoms with Gasteiger partial charge in [0, 0.05) is 5.56 Å². The second-order valence-corrected chi connectivity index (χ2v) is 5.13. The normalized spacial score (nSPS) is 28.8. The van der Waals surface area contributed by atoms with Gasteiger partial charge in [-0.05, 0) is 18.8 Å². The van der Waals surface area contributed by atoms with Crippen LogP contribution < -0.4 is 0 Å². The minimum atomic E-state index is -0.176. The third kappa shape index (κ3) is 3.08. The Labute approximate surface area is 104 Å². The Balaban J connectivity index is 2.04. The van der Waals surface area contributed by atoms with Crippen LogP contribution in [0.3, 0.4) is 0 Å². The highest BCUT2D eigenvalue weighted by Gasteiger charge is 2.35. The predicted molar refractivity (Wildman–Crippen MR) is 68.7 cm³/mol. The monoisotopic (exact) mass is 234 g/mol. The molecular weight excluding hydrogens is 212 g/mol. The largest absolute Gasteiger partial charge is 0.342 e. The first-order valence-corrected chi connectivity index (χ1v) is 6.56. The maximum Gasteiger partial charge on any atom is 0.184 e. The van der Waals surface area contributed by atoms with Crippen LogP contribution in [0.1, 0.15) is 45.5 Å². The van der Waals surface area contributed by atoms with Crippen LogP contribution in [0.2, 0.25) is 0 Å². The molecule has 2 nitrogen and oxygen atoms in total. The lowest BCUT2D eigenvalue weighted by Gasteiger charge is -2.16. The molecule has 0 bridgehead atoms. The maximum atomic E-state index is 6.04. The fourth-order valence-electron chi connectivity index (χ4n) is 2.32. The van der Waals surface area contributed by atoms with Gasteiger partial charge in [-0.15, -0.1) is 0 Å². The van der Waals surface area contributed by atoms with Crippen LogP contribution in [-0.4, -0.2) is 12.2 Å². The quantitative estimate of drug-likeness (QED) is 0.786. The van der Waals surface area contributed by atoms with E-state index < -0.39 is 0 Å². The second-order valence-electron chi connectivity index (χ2n) is 5.13. The van der Waals surface area contributed by atoms with Gasteiger partial charge in [0.25, 0.3) is 0 Å². The number of hydrogen-bond donors (Lipinski definition) is 0. The van der Waals surface area contributed by atoms with Crippen molar-refractivity contribution in [3.63, 3.8) is 0 Å². The van der Waals surface area contributed by atoms with E-state index in [9.17, 15) is 0 Å². The summed E-state index contributed by atoms with van der Waals surface area (Å²) in [6, 6.07) is 10.2. The smallest absolute Gasteiger partial charge is 0.184 e. The van der Waals surface area contributed by atoms with Crippen molar-refractivity contribution in [3.05, 3.63) is 35.9 Å². The number of rotatable bonds is 4. The SMILES string of the molecule is CC[C@@H]1OC(c2ccccc2)O[C@H]1CC(C)C. The molecule has 1 unspecified atom stereocenters. The lowest BCUT2D eigenvalue weighted by Crippen LogP contribution is -2.23. The van der Waals surface area contributed by atoms with E-state index in [4.69, 9.17) is 9.47 Å². The van der Waals surface area contributed by atoms with Crippen molar-refractivity contribution in [3.8, 4) is 0 Å². The molecule has 0 aliphatic carbocycles. The summed E-state index contributed by atoms with van der Waals surface area (Å²) in [6.45, 7) is 6.62. The molecule has 0 spiro atoms. The molecule has 1 heterocycles. The maximum absolute atomic E-state index is 6.04. The third-order valence-electron chi connectivity index (χ3n) is 3.19. The van der Waals surface area contributed by atoms with Crippen molar-refractivity contribution in [2.24, 2.45) is 5.92 Å². The van der Waals surface area contributed by atoms with Crippen LogP contribution in [0.5, 0.6) is 0 Å². The summed E-state index contributed by atoms with van der Waals surface area (Å²) < 4.78 is 12.0. The van der Waals surface area contributed by atoms with E-state index in [-0.39, 0.29) is 18.5 Å². The van der Waals surface area contributed by atoms with Gasteiger partial charge in [0.05, 0.1) is 12.2 Å². The summed E-state index contributed by atoms with van der Waals surface area (Å²) in [5, 5.41) is 0. The average molecular weight is 234 g/mol. The molecule has 2 rings (SSSR count). The van der Waals surface area contributed by atoms with Gasteiger partial charge in [0.2, 0.25) is 0 Å². The van der Waals surface area contributed by atoms with Crippen LogP contribution in [0.4, 0.5) is 0 Å². The Morgan fingerprint density at radius 1 is 1.06 bits per heavy atom. The van der Waals surface area contributed by atoms with E-state index in [2.05, 4.69) is 32.9 Å². The zero-order valence-electron chi connectivity index (χ0n) is 10.9. The van der Waals surface area contributed by atoms with E-state index in [0.29, 0.717) is 5.92 Å². The Kier molecular flexibility index (Phi) is 4.19. The Hall–Kier alpha value is -0.860. The summed E-state index contributed by atoms with van der Waals surface area (Å²) in [6.07, 6.45) is 2.39. The Bertz CT molecular complexity index is 334. The van der Waals surface area contributed by atoms with Crippen molar-refractivity contribution in [1.82, 2.24) is 0 Å². The zero-order valence-corrected chi connectivity index (χ0v) is 10.9. The molecule has 1 aromatic carbocycles. The minimum absolute atomic E-state index is 0.176. The number of ether oxygens (including phenoxy) is 2. The van der Waals surface area contributed by atoms with Crippen LogP contribution in [-0.2, 0) is 9.47 Å². The summed E-state index contributed by atoms with van der Waals surface area (Å²) in [7, 11) is 0. The Morgan fingerprint density at radius 2 is 1.71 bits per heavy atom. The molecule has 94 valence electrons. The molecular formula is C15H22O2. The fourth-order valence-corrected chi connectivity index (χ4v) is 2.32. The van der Waals surface area contributed by atoms with Crippen LogP contribution in [0, 0.1) is 5.92 Å². The van der Waals surface area contributed by atoms with Crippen molar-refractivity contribution in [2.75, 3.05) is 0 Å². The van der Waals surface area contributed by atoms with Gasteiger partial charge in [-0.1, -0.05) is 51.1 Å². The van der Waals surface area contributed by atoms with Crippen LogP contribution in [0.15, 0.2) is 30.3 Å². The van der Waals surface area contributed by atoms with Gasteiger partial charge in [0.15, 0.2) is 6.29 Å². The minimum Gasteiger partial charge on any atom is -0.342 e. The van der Waals surface area contributed by atoms with Gasteiger partial charge < -0.3 is 9.47 Å². The first-order valence-electron chi connectivity index (χ1n) is 6.56. The van der Waals surface area contributed by atoms with Crippen molar-refractivity contribution in [2.45, 2.75) is 52.1 Å². The van der Waals surface area contributed by atoms with E-state index >= 15 is 0 Å². The summed E-state index contributed by atoms with van der Waals surface area (Å²) >= 11 is 0. The molecule has 3 atom stereocenters. The first-order chi connectivity index (χ1) is 8.20. The average Bonchev–Trinajstić information content (AvgIpc) is 2.72. The Morgan fingerprint density at radius 3 is 2.29 bits per heavy atom. The highest BCUT2D eigenvalue weighted by Crippen LogP contribution is 2.35.